The van der Waals surface area contributed by atoms with E-state index in [1.165, 1.54) is 13.0 Å². The molecule has 1 aliphatic rings. The number of morpholine rings is 1. The van der Waals surface area contributed by atoms with Crippen LogP contribution in [-0.4, -0.2) is 43.8 Å². The molecule has 1 saturated heterocycles. The van der Waals surface area contributed by atoms with E-state index in [0.717, 1.165) is 32.7 Å². The molecule has 0 bridgehead atoms. The van der Waals surface area contributed by atoms with Crippen LogP contribution in [0.3, 0.4) is 0 Å². The normalized spacial score (nSPS) is 26.4. The molecule has 0 saturated carbocycles. The molecule has 1 rings (SSSR count). The van der Waals surface area contributed by atoms with E-state index in [-0.39, 0.29) is 0 Å². The Balaban J connectivity index is 2.32. The highest BCUT2D eigenvalue weighted by Gasteiger charge is 2.22. The summed E-state index contributed by atoms with van der Waals surface area (Å²) in [6.07, 6.45) is 2.32. The minimum atomic E-state index is 0.629. The lowest BCUT2D eigenvalue weighted by molar-refractivity contribution is -0.0146. The molecule has 0 aliphatic carbocycles. The predicted molar refractivity (Wildman–Crippen MR) is 59.3 cm³/mol. The largest absolute Gasteiger partial charge is 0.378 e. The van der Waals surface area contributed by atoms with E-state index < -0.39 is 0 Å². The molecular formula is C11H24N2O. The van der Waals surface area contributed by atoms with Gasteiger partial charge < -0.3 is 10.5 Å². The summed E-state index contributed by atoms with van der Waals surface area (Å²) in [5.74, 6) is 0.715. The summed E-state index contributed by atoms with van der Waals surface area (Å²) in [6, 6.07) is 0.629. The third-order valence-electron chi connectivity index (χ3n) is 3.03. The van der Waals surface area contributed by atoms with Crippen LogP contribution in [-0.2, 0) is 4.74 Å². The van der Waals surface area contributed by atoms with Crippen LogP contribution in [0.4, 0.5) is 0 Å². The summed E-state index contributed by atoms with van der Waals surface area (Å²) in [7, 11) is 0. The molecule has 84 valence electrons. The average Bonchev–Trinajstić information content (AvgIpc) is 2.19. The fraction of sp³-hybridized carbons (Fsp3) is 1.00. The predicted octanol–water partition coefficient (Wildman–Crippen LogP) is 1.08. The van der Waals surface area contributed by atoms with Crippen molar-refractivity contribution in [2.24, 2.45) is 11.7 Å². The zero-order valence-electron chi connectivity index (χ0n) is 9.54. The van der Waals surface area contributed by atoms with Crippen LogP contribution in [0, 0.1) is 5.92 Å². The second-order valence-corrected chi connectivity index (χ2v) is 4.31. The van der Waals surface area contributed by atoms with Gasteiger partial charge in [0.25, 0.3) is 0 Å². The van der Waals surface area contributed by atoms with Gasteiger partial charge in [0.15, 0.2) is 0 Å². The van der Waals surface area contributed by atoms with Crippen molar-refractivity contribution in [1.29, 1.82) is 0 Å². The van der Waals surface area contributed by atoms with Crippen molar-refractivity contribution in [2.45, 2.75) is 32.7 Å². The van der Waals surface area contributed by atoms with Gasteiger partial charge in [-0.1, -0.05) is 13.8 Å². The molecule has 0 amide bonds. The van der Waals surface area contributed by atoms with Crippen molar-refractivity contribution in [1.82, 2.24) is 4.90 Å². The van der Waals surface area contributed by atoms with Gasteiger partial charge in [0, 0.05) is 19.1 Å². The van der Waals surface area contributed by atoms with E-state index in [0.29, 0.717) is 12.0 Å². The Hall–Kier alpha value is -0.120. The van der Waals surface area contributed by atoms with Crippen LogP contribution in [0.5, 0.6) is 0 Å². The fourth-order valence-corrected chi connectivity index (χ4v) is 2.08. The second kappa shape index (κ2) is 6.38. The van der Waals surface area contributed by atoms with Crippen LogP contribution < -0.4 is 5.73 Å². The molecule has 0 aromatic heterocycles. The Bertz CT molecular complexity index is 152. The SMILES string of the molecule is CCC1COCCN1CC(C)CCN. The molecule has 0 spiro atoms. The highest BCUT2D eigenvalue weighted by molar-refractivity contribution is 4.75. The number of hydrogen-bond acceptors (Lipinski definition) is 3. The standard InChI is InChI=1S/C11H24N2O/c1-3-11-9-14-7-6-13(11)8-10(2)4-5-12/h10-11H,3-9,12H2,1-2H3. The summed E-state index contributed by atoms with van der Waals surface area (Å²) in [5.41, 5.74) is 5.56. The average molecular weight is 200 g/mol. The molecule has 1 aliphatic heterocycles. The third-order valence-corrected chi connectivity index (χ3v) is 3.03. The summed E-state index contributed by atoms with van der Waals surface area (Å²) < 4.78 is 5.48. The van der Waals surface area contributed by atoms with Gasteiger partial charge in [-0.25, -0.2) is 0 Å². The zero-order valence-corrected chi connectivity index (χ0v) is 9.54. The minimum Gasteiger partial charge on any atom is -0.378 e. The van der Waals surface area contributed by atoms with Gasteiger partial charge in [0.1, 0.15) is 0 Å². The number of ether oxygens (including phenoxy) is 1. The van der Waals surface area contributed by atoms with Gasteiger partial charge in [-0.05, 0) is 25.3 Å². The molecule has 0 aromatic rings. The van der Waals surface area contributed by atoms with E-state index in [4.69, 9.17) is 10.5 Å². The van der Waals surface area contributed by atoms with E-state index in [2.05, 4.69) is 18.7 Å². The summed E-state index contributed by atoms with van der Waals surface area (Å²) in [5, 5.41) is 0. The van der Waals surface area contributed by atoms with E-state index in [9.17, 15) is 0 Å². The van der Waals surface area contributed by atoms with Crippen LogP contribution in [0.25, 0.3) is 0 Å². The van der Waals surface area contributed by atoms with Crippen molar-refractivity contribution in [2.75, 3.05) is 32.8 Å². The maximum absolute atomic E-state index is 5.56. The number of nitrogens with zero attached hydrogens (tertiary/aromatic N) is 1. The second-order valence-electron chi connectivity index (χ2n) is 4.31. The molecular weight excluding hydrogens is 176 g/mol. The van der Waals surface area contributed by atoms with E-state index >= 15 is 0 Å². The molecule has 14 heavy (non-hydrogen) atoms. The Morgan fingerprint density at radius 1 is 1.57 bits per heavy atom. The smallest absolute Gasteiger partial charge is 0.0622 e. The maximum atomic E-state index is 5.56. The first kappa shape index (κ1) is 12.0. The first-order valence-electron chi connectivity index (χ1n) is 5.79. The zero-order chi connectivity index (χ0) is 10.4. The molecule has 3 nitrogen and oxygen atoms in total. The Kier molecular flexibility index (Phi) is 5.45. The lowest BCUT2D eigenvalue weighted by Crippen LogP contribution is -2.46. The maximum Gasteiger partial charge on any atom is 0.0622 e. The quantitative estimate of drug-likeness (QED) is 0.722. The van der Waals surface area contributed by atoms with Crippen LogP contribution >= 0.6 is 0 Å². The van der Waals surface area contributed by atoms with Gasteiger partial charge >= 0.3 is 0 Å². The Labute approximate surface area is 87.6 Å². The number of rotatable bonds is 5. The molecule has 2 unspecified atom stereocenters. The molecule has 1 heterocycles. The van der Waals surface area contributed by atoms with Crippen molar-refractivity contribution in [3.8, 4) is 0 Å². The minimum absolute atomic E-state index is 0.629. The molecule has 2 atom stereocenters. The van der Waals surface area contributed by atoms with Crippen LogP contribution in [0.1, 0.15) is 26.7 Å². The van der Waals surface area contributed by atoms with Crippen LogP contribution in [0.2, 0.25) is 0 Å². The van der Waals surface area contributed by atoms with Gasteiger partial charge in [0.05, 0.1) is 13.2 Å². The topological polar surface area (TPSA) is 38.5 Å². The van der Waals surface area contributed by atoms with Gasteiger partial charge in [0.2, 0.25) is 0 Å². The van der Waals surface area contributed by atoms with E-state index in [1.807, 2.05) is 0 Å². The van der Waals surface area contributed by atoms with Gasteiger partial charge in [-0.15, -0.1) is 0 Å². The Morgan fingerprint density at radius 2 is 2.36 bits per heavy atom. The van der Waals surface area contributed by atoms with Crippen molar-refractivity contribution >= 4 is 0 Å². The fourth-order valence-electron chi connectivity index (χ4n) is 2.08. The van der Waals surface area contributed by atoms with Crippen molar-refractivity contribution < 1.29 is 4.74 Å². The number of nitrogens with two attached hydrogens (primary N) is 1. The molecule has 2 N–H and O–H groups in total. The highest BCUT2D eigenvalue weighted by Crippen LogP contribution is 2.13. The summed E-state index contributed by atoms with van der Waals surface area (Å²) in [4.78, 5) is 2.56. The first-order valence-corrected chi connectivity index (χ1v) is 5.79. The lowest BCUT2D eigenvalue weighted by Gasteiger charge is -2.36. The summed E-state index contributed by atoms with van der Waals surface area (Å²) in [6.45, 7) is 9.40. The van der Waals surface area contributed by atoms with Gasteiger partial charge in [-0.3, -0.25) is 4.90 Å². The molecule has 0 radical (unpaired) electrons. The van der Waals surface area contributed by atoms with Gasteiger partial charge in [-0.2, -0.15) is 0 Å². The monoisotopic (exact) mass is 200 g/mol. The summed E-state index contributed by atoms with van der Waals surface area (Å²) >= 11 is 0. The van der Waals surface area contributed by atoms with Crippen LogP contribution in [0.15, 0.2) is 0 Å². The van der Waals surface area contributed by atoms with Crippen molar-refractivity contribution in [3.63, 3.8) is 0 Å². The molecule has 3 heteroatoms. The third kappa shape index (κ3) is 3.56. The molecule has 1 fully saturated rings. The Morgan fingerprint density at radius 3 is 3.00 bits per heavy atom. The first-order chi connectivity index (χ1) is 6.77. The van der Waals surface area contributed by atoms with Crippen molar-refractivity contribution in [3.05, 3.63) is 0 Å². The molecule has 0 aromatic carbocycles. The lowest BCUT2D eigenvalue weighted by atomic mass is 10.1. The highest BCUT2D eigenvalue weighted by atomic mass is 16.5. The number of hydrogen-bond donors (Lipinski definition) is 1. The van der Waals surface area contributed by atoms with E-state index in [1.54, 1.807) is 0 Å².